The van der Waals surface area contributed by atoms with Gasteiger partial charge in [0.2, 0.25) is 0 Å². The summed E-state index contributed by atoms with van der Waals surface area (Å²) in [6.07, 6.45) is 3.16. The second-order valence-corrected chi connectivity index (χ2v) is 4.59. The molecular weight excluding hydrogens is 304 g/mol. The summed E-state index contributed by atoms with van der Waals surface area (Å²) < 4.78 is 6.52. The van der Waals surface area contributed by atoms with Crippen LogP contribution in [0.3, 0.4) is 0 Å². The molecule has 5 nitrogen and oxygen atoms in total. The molecule has 0 aliphatic rings. The van der Waals surface area contributed by atoms with Crippen molar-refractivity contribution >= 4 is 17.5 Å². The fourth-order valence-electron chi connectivity index (χ4n) is 1.88. The lowest BCUT2D eigenvalue weighted by Crippen LogP contribution is -3.00. The van der Waals surface area contributed by atoms with Crippen molar-refractivity contribution in [1.29, 1.82) is 0 Å². The van der Waals surface area contributed by atoms with Crippen molar-refractivity contribution in [1.82, 2.24) is 0 Å². The summed E-state index contributed by atoms with van der Waals surface area (Å²) in [7, 11) is 3.28. The molecule has 1 amide bonds. The van der Waals surface area contributed by atoms with Crippen LogP contribution in [0.25, 0.3) is 0 Å². The fourth-order valence-corrected chi connectivity index (χ4v) is 1.88. The zero-order chi connectivity index (χ0) is 15.4. The number of benzene rings is 1. The Hall–Kier alpha value is -2.40. The molecule has 0 bridgehead atoms. The number of halogens is 1. The van der Waals surface area contributed by atoms with Gasteiger partial charge >= 0.3 is 6.03 Å². The molecule has 0 N–H and O–H groups in total. The SMILES string of the molecule is COc1ccc(N(C)C(=O)[n+]2ccc(C(C)=O)cc2)cc1.[Cl-]. The van der Waals surface area contributed by atoms with Crippen molar-refractivity contribution in [3.63, 3.8) is 0 Å². The molecule has 1 aromatic carbocycles. The molecule has 22 heavy (non-hydrogen) atoms. The molecule has 0 spiro atoms. The van der Waals surface area contributed by atoms with Crippen LogP contribution < -0.4 is 26.6 Å². The summed E-state index contributed by atoms with van der Waals surface area (Å²) in [5.74, 6) is 0.705. The molecule has 2 aromatic rings. The monoisotopic (exact) mass is 320 g/mol. The number of rotatable bonds is 3. The van der Waals surface area contributed by atoms with Gasteiger partial charge in [-0.15, -0.1) is 0 Å². The predicted octanol–water partition coefficient (Wildman–Crippen LogP) is -0.706. The zero-order valence-electron chi connectivity index (χ0n) is 12.6. The molecule has 0 aliphatic carbocycles. The Balaban J connectivity index is 0.00000242. The van der Waals surface area contributed by atoms with E-state index in [0.717, 1.165) is 11.4 Å². The van der Waals surface area contributed by atoms with E-state index in [4.69, 9.17) is 4.74 Å². The van der Waals surface area contributed by atoms with Gasteiger partial charge in [0.05, 0.1) is 14.2 Å². The summed E-state index contributed by atoms with van der Waals surface area (Å²) in [5, 5.41) is 0. The van der Waals surface area contributed by atoms with Crippen molar-refractivity contribution in [2.24, 2.45) is 0 Å². The van der Waals surface area contributed by atoms with Crippen molar-refractivity contribution in [2.45, 2.75) is 6.92 Å². The number of Topliss-reactive ketones (excluding diaryl/α,β-unsaturated/α-hetero) is 1. The van der Waals surface area contributed by atoms with Gasteiger partial charge in [-0.05, 0) is 43.3 Å². The molecule has 0 radical (unpaired) electrons. The fraction of sp³-hybridized carbons (Fsp3) is 0.188. The van der Waals surface area contributed by atoms with E-state index in [0.29, 0.717) is 5.56 Å². The lowest BCUT2D eigenvalue weighted by molar-refractivity contribution is -0.569. The molecule has 0 aliphatic heterocycles. The van der Waals surface area contributed by atoms with Gasteiger partial charge in [0, 0.05) is 5.56 Å². The molecule has 1 heterocycles. The number of pyridine rings is 1. The normalized spacial score (nSPS) is 9.59. The van der Waals surface area contributed by atoms with Crippen molar-refractivity contribution in [3.05, 3.63) is 54.4 Å². The average Bonchev–Trinajstić information content (AvgIpc) is 2.53. The quantitative estimate of drug-likeness (QED) is 0.555. The van der Waals surface area contributed by atoms with Crippen LogP contribution in [-0.2, 0) is 0 Å². The van der Waals surface area contributed by atoms with Gasteiger partial charge in [-0.25, -0.2) is 0 Å². The Bertz CT molecular complexity index is 654. The van der Waals surface area contributed by atoms with E-state index < -0.39 is 0 Å². The second-order valence-electron chi connectivity index (χ2n) is 4.59. The molecule has 0 saturated heterocycles. The summed E-state index contributed by atoms with van der Waals surface area (Å²) >= 11 is 0. The number of carbonyl (C=O) groups is 2. The molecule has 2 rings (SSSR count). The van der Waals surface area contributed by atoms with Crippen molar-refractivity contribution < 1.29 is 31.3 Å². The minimum absolute atomic E-state index is 0. The molecule has 0 unspecified atom stereocenters. The minimum Gasteiger partial charge on any atom is -1.00 e. The maximum absolute atomic E-state index is 12.4. The van der Waals surface area contributed by atoms with E-state index in [1.54, 1.807) is 62.9 Å². The molecule has 0 saturated carbocycles. The Labute approximate surface area is 135 Å². The van der Waals surface area contributed by atoms with E-state index >= 15 is 0 Å². The van der Waals surface area contributed by atoms with E-state index in [2.05, 4.69) is 0 Å². The number of methoxy groups -OCH3 is 1. The number of carbonyl (C=O) groups excluding carboxylic acids is 2. The number of amides is 1. The number of hydrogen-bond donors (Lipinski definition) is 0. The van der Waals surface area contributed by atoms with Crippen LogP contribution in [0.5, 0.6) is 5.75 Å². The largest absolute Gasteiger partial charge is 1.00 e. The third-order valence-electron chi connectivity index (χ3n) is 3.20. The Kier molecular flexibility index (Phi) is 6.07. The topological polar surface area (TPSA) is 50.5 Å². The molecule has 0 fully saturated rings. The number of ketones is 1. The van der Waals surface area contributed by atoms with Crippen LogP contribution in [0, 0.1) is 0 Å². The number of nitrogens with zero attached hydrogens (tertiary/aromatic N) is 2. The standard InChI is InChI=1S/C16H17N2O3.ClH/c1-12(19)13-8-10-18(11-9-13)16(20)17(2)14-4-6-15(21-3)7-5-14;/h4-11H,1-3H3;1H/q+1;/p-1. The van der Waals surface area contributed by atoms with Gasteiger partial charge in [0.25, 0.3) is 0 Å². The lowest BCUT2D eigenvalue weighted by atomic mass is 10.2. The van der Waals surface area contributed by atoms with Crippen LogP contribution in [0.15, 0.2) is 48.8 Å². The summed E-state index contributed by atoms with van der Waals surface area (Å²) in [4.78, 5) is 25.1. The molecular formula is C16H17ClN2O3. The first kappa shape index (κ1) is 17.7. The predicted molar refractivity (Wildman–Crippen MR) is 78.8 cm³/mol. The van der Waals surface area contributed by atoms with Crippen LogP contribution in [0.2, 0.25) is 0 Å². The second kappa shape index (κ2) is 7.56. The summed E-state index contributed by atoms with van der Waals surface area (Å²) in [6, 6.07) is 10.2. The number of aromatic nitrogens is 1. The van der Waals surface area contributed by atoms with Gasteiger partial charge in [0.15, 0.2) is 5.78 Å². The first-order valence-electron chi connectivity index (χ1n) is 6.47. The Morgan fingerprint density at radius 1 is 1.05 bits per heavy atom. The highest BCUT2D eigenvalue weighted by Gasteiger charge is 2.22. The van der Waals surface area contributed by atoms with Crippen LogP contribution in [-0.4, -0.2) is 26.0 Å². The maximum Gasteiger partial charge on any atom is 0.502 e. The summed E-state index contributed by atoms with van der Waals surface area (Å²) in [5.41, 5.74) is 1.33. The van der Waals surface area contributed by atoms with Crippen LogP contribution in [0.4, 0.5) is 10.5 Å². The van der Waals surface area contributed by atoms with Gasteiger partial charge in [-0.3, -0.25) is 4.79 Å². The highest BCUT2D eigenvalue weighted by Crippen LogP contribution is 2.17. The smallest absolute Gasteiger partial charge is 0.502 e. The maximum atomic E-state index is 12.4. The third kappa shape index (κ3) is 3.83. The van der Waals surface area contributed by atoms with Crippen molar-refractivity contribution in [3.8, 4) is 5.75 Å². The van der Waals surface area contributed by atoms with E-state index in [9.17, 15) is 9.59 Å². The van der Waals surface area contributed by atoms with Gasteiger partial charge in [-0.1, -0.05) is 0 Å². The van der Waals surface area contributed by atoms with Gasteiger partial charge < -0.3 is 17.1 Å². The van der Waals surface area contributed by atoms with E-state index in [-0.39, 0.29) is 24.2 Å². The van der Waals surface area contributed by atoms with Crippen LogP contribution >= 0.6 is 0 Å². The molecule has 116 valence electrons. The van der Waals surface area contributed by atoms with Crippen LogP contribution in [0.1, 0.15) is 17.3 Å². The molecule has 0 atom stereocenters. The minimum atomic E-state index is -0.213. The highest BCUT2D eigenvalue weighted by atomic mass is 35.5. The zero-order valence-corrected chi connectivity index (χ0v) is 13.4. The van der Waals surface area contributed by atoms with E-state index in [1.165, 1.54) is 16.4 Å². The van der Waals surface area contributed by atoms with Gasteiger partial charge in [0.1, 0.15) is 23.8 Å². The number of hydrogen-bond acceptors (Lipinski definition) is 3. The van der Waals surface area contributed by atoms with E-state index in [1.807, 2.05) is 0 Å². The summed E-state index contributed by atoms with van der Waals surface area (Å²) in [6.45, 7) is 1.49. The third-order valence-corrected chi connectivity index (χ3v) is 3.20. The molecule has 1 aromatic heterocycles. The highest BCUT2D eigenvalue weighted by molar-refractivity contribution is 5.93. The number of anilines is 1. The Morgan fingerprint density at radius 2 is 1.59 bits per heavy atom. The lowest BCUT2D eigenvalue weighted by Gasteiger charge is -2.10. The first-order valence-corrected chi connectivity index (χ1v) is 6.47. The Morgan fingerprint density at radius 3 is 2.05 bits per heavy atom. The average molecular weight is 321 g/mol. The van der Waals surface area contributed by atoms with Gasteiger partial charge in [-0.2, -0.15) is 14.3 Å². The van der Waals surface area contributed by atoms with Crippen molar-refractivity contribution in [2.75, 3.05) is 19.1 Å². The number of ether oxygens (including phenoxy) is 1. The molecule has 6 heteroatoms. The first-order chi connectivity index (χ1) is 10.0.